The predicted molar refractivity (Wildman–Crippen MR) is 57.0 cm³/mol. The lowest BCUT2D eigenvalue weighted by Crippen LogP contribution is -2.00. The topological polar surface area (TPSA) is 68.3 Å². The van der Waals surface area contributed by atoms with Crippen molar-refractivity contribution in [2.75, 3.05) is 0 Å². The molecule has 0 amide bonds. The van der Waals surface area contributed by atoms with E-state index in [0.29, 0.717) is 17.0 Å². The first-order valence-corrected chi connectivity index (χ1v) is 4.87. The molecular weight excluding hydrogens is 208 g/mol. The van der Waals surface area contributed by atoms with Crippen LogP contribution in [-0.2, 0) is 18.3 Å². The highest BCUT2D eigenvalue weighted by molar-refractivity contribution is 5.73. The number of carbonyl (C=O) groups is 1. The maximum absolute atomic E-state index is 10.7. The molecule has 16 heavy (non-hydrogen) atoms. The Labute approximate surface area is 92.3 Å². The molecule has 0 aliphatic heterocycles. The minimum Gasteiger partial charge on any atom is -0.481 e. The molecule has 1 N–H and O–H groups in total. The van der Waals surface area contributed by atoms with Crippen LogP contribution < -0.4 is 0 Å². The number of rotatable bonds is 3. The van der Waals surface area contributed by atoms with Crippen LogP contribution in [-0.4, -0.2) is 20.9 Å². The van der Waals surface area contributed by atoms with Crippen LogP contribution in [0.5, 0.6) is 0 Å². The van der Waals surface area contributed by atoms with Crippen LogP contribution >= 0.6 is 0 Å². The average Bonchev–Trinajstić information content (AvgIpc) is 2.72. The lowest BCUT2D eigenvalue weighted by Gasteiger charge is -1.95. The van der Waals surface area contributed by atoms with Crippen molar-refractivity contribution in [1.82, 2.24) is 9.78 Å². The first-order valence-electron chi connectivity index (χ1n) is 4.87. The molecule has 5 heteroatoms. The Kier molecular flexibility index (Phi) is 2.52. The van der Waals surface area contributed by atoms with Gasteiger partial charge in [-0.05, 0) is 19.1 Å². The van der Waals surface area contributed by atoms with Gasteiger partial charge in [-0.1, -0.05) is 0 Å². The standard InChI is InChI=1S/C11H12N2O3/c1-7-3-4-9(16-7)11-8(5-10(14)15)6-13(2)12-11/h3-4,6H,5H2,1-2H3,(H,14,15). The molecule has 2 aromatic rings. The first-order chi connectivity index (χ1) is 7.56. The van der Waals surface area contributed by atoms with Crippen LogP contribution in [0.2, 0.25) is 0 Å². The molecule has 0 aromatic carbocycles. The number of aryl methyl sites for hydroxylation is 2. The number of aliphatic carboxylic acids is 1. The lowest BCUT2D eigenvalue weighted by molar-refractivity contribution is -0.136. The molecular formula is C11H12N2O3. The maximum Gasteiger partial charge on any atom is 0.307 e. The smallest absolute Gasteiger partial charge is 0.307 e. The highest BCUT2D eigenvalue weighted by atomic mass is 16.4. The third kappa shape index (κ3) is 1.98. The van der Waals surface area contributed by atoms with Crippen LogP contribution in [0.25, 0.3) is 11.5 Å². The Bertz CT molecular complexity index is 525. The van der Waals surface area contributed by atoms with E-state index in [1.54, 1.807) is 24.0 Å². The molecule has 0 aliphatic carbocycles. The highest BCUT2D eigenvalue weighted by Gasteiger charge is 2.15. The Morgan fingerprint density at radius 2 is 2.31 bits per heavy atom. The Hall–Kier alpha value is -2.04. The quantitative estimate of drug-likeness (QED) is 0.853. The molecule has 2 heterocycles. The van der Waals surface area contributed by atoms with Gasteiger partial charge < -0.3 is 9.52 Å². The molecule has 0 aliphatic rings. The number of furan rings is 1. The van der Waals surface area contributed by atoms with Crippen LogP contribution in [0.3, 0.4) is 0 Å². The van der Waals surface area contributed by atoms with Crippen molar-refractivity contribution in [3.8, 4) is 11.5 Å². The Morgan fingerprint density at radius 1 is 1.56 bits per heavy atom. The fourth-order valence-electron chi connectivity index (χ4n) is 1.60. The summed E-state index contributed by atoms with van der Waals surface area (Å²) in [5.41, 5.74) is 1.25. The minimum atomic E-state index is -0.877. The highest BCUT2D eigenvalue weighted by Crippen LogP contribution is 2.24. The van der Waals surface area contributed by atoms with Gasteiger partial charge in [-0.2, -0.15) is 5.10 Å². The fraction of sp³-hybridized carbons (Fsp3) is 0.273. The zero-order valence-electron chi connectivity index (χ0n) is 9.10. The summed E-state index contributed by atoms with van der Waals surface area (Å²) in [5.74, 6) is 0.508. The fourth-order valence-corrected chi connectivity index (χ4v) is 1.60. The van der Waals surface area contributed by atoms with Gasteiger partial charge in [-0.15, -0.1) is 0 Å². The molecule has 84 valence electrons. The molecule has 0 radical (unpaired) electrons. The second-order valence-electron chi connectivity index (χ2n) is 3.66. The van der Waals surface area contributed by atoms with Crippen LogP contribution in [0.1, 0.15) is 11.3 Å². The zero-order chi connectivity index (χ0) is 11.7. The van der Waals surface area contributed by atoms with Crippen molar-refractivity contribution in [3.05, 3.63) is 29.7 Å². The number of carboxylic acid groups (broad SMARTS) is 1. The third-order valence-electron chi connectivity index (χ3n) is 2.22. The van der Waals surface area contributed by atoms with E-state index in [0.717, 1.165) is 5.76 Å². The van der Waals surface area contributed by atoms with E-state index in [9.17, 15) is 4.79 Å². The summed E-state index contributed by atoms with van der Waals surface area (Å²) >= 11 is 0. The number of carboxylic acids is 1. The molecule has 0 saturated carbocycles. The monoisotopic (exact) mass is 220 g/mol. The zero-order valence-corrected chi connectivity index (χ0v) is 9.10. The second kappa shape index (κ2) is 3.84. The summed E-state index contributed by atoms with van der Waals surface area (Å²) < 4.78 is 7.03. The van der Waals surface area contributed by atoms with Gasteiger partial charge in [0, 0.05) is 18.8 Å². The van der Waals surface area contributed by atoms with Crippen molar-refractivity contribution < 1.29 is 14.3 Å². The molecule has 0 bridgehead atoms. The first kappa shape index (κ1) is 10.5. The van der Waals surface area contributed by atoms with Gasteiger partial charge in [-0.3, -0.25) is 9.48 Å². The third-order valence-corrected chi connectivity index (χ3v) is 2.22. The van der Waals surface area contributed by atoms with E-state index in [2.05, 4.69) is 5.10 Å². The minimum absolute atomic E-state index is 0.0527. The van der Waals surface area contributed by atoms with E-state index >= 15 is 0 Å². The molecule has 2 rings (SSSR count). The molecule has 0 fully saturated rings. The molecule has 2 aromatic heterocycles. The van der Waals surface area contributed by atoms with Gasteiger partial charge in [0.25, 0.3) is 0 Å². The largest absolute Gasteiger partial charge is 0.481 e. The number of hydrogen-bond acceptors (Lipinski definition) is 3. The molecule has 0 unspecified atom stereocenters. The van der Waals surface area contributed by atoms with Gasteiger partial charge in [0.1, 0.15) is 11.5 Å². The molecule has 5 nitrogen and oxygen atoms in total. The predicted octanol–water partition coefficient (Wildman–Crippen LogP) is 1.62. The van der Waals surface area contributed by atoms with Crippen LogP contribution in [0, 0.1) is 6.92 Å². The van der Waals surface area contributed by atoms with E-state index in [4.69, 9.17) is 9.52 Å². The van der Waals surface area contributed by atoms with Gasteiger partial charge in [0.2, 0.25) is 0 Å². The number of aromatic nitrogens is 2. The van der Waals surface area contributed by atoms with Gasteiger partial charge in [-0.25, -0.2) is 0 Å². The van der Waals surface area contributed by atoms with Gasteiger partial charge in [0.05, 0.1) is 6.42 Å². The second-order valence-corrected chi connectivity index (χ2v) is 3.66. The number of nitrogens with zero attached hydrogens (tertiary/aromatic N) is 2. The van der Waals surface area contributed by atoms with Crippen molar-refractivity contribution in [3.63, 3.8) is 0 Å². The SMILES string of the molecule is Cc1ccc(-c2nn(C)cc2CC(=O)O)o1. The van der Waals surface area contributed by atoms with Gasteiger partial charge in [0.15, 0.2) is 5.76 Å². The lowest BCUT2D eigenvalue weighted by atomic mass is 10.1. The van der Waals surface area contributed by atoms with E-state index < -0.39 is 5.97 Å². The van der Waals surface area contributed by atoms with Crippen molar-refractivity contribution in [2.45, 2.75) is 13.3 Å². The summed E-state index contributed by atoms with van der Waals surface area (Å²) in [5, 5.41) is 13.0. The summed E-state index contributed by atoms with van der Waals surface area (Å²) in [6.07, 6.45) is 1.64. The maximum atomic E-state index is 10.7. The van der Waals surface area contributed by atoms with E-state index in [1.165, 1.54) is 0 Å². The van der Waals surface area contributed by atoms with E-state index in [-0.39, 0.29) is 6.42 Å². The van der Waals surface area contributed by atoms with Crippen LogP contribution in [0.15, 0.2) is 22.7 Å². The normalized spacial score (nSPS) is 10.6. The van der Waals surface area contributed by atoms with Crippen molar-refractivity contribution in [2.24, 2.45) is 7.05 Å². The van der Waals surface area contributed by atoms with Gasteiger partial charge >= 0.3 is 5.97 Å². The summed E-state index contributed by atoms with van der Waals surface area (Å²) in [6.45, 7) is 1.84. The summed E-state index contributed by atoms with van der Waals surface area (Å²) in [4.78, 5) is 10.7. The van der Waals surface area contributed by atoms with Crippen LogP contribution in [0.4, 0.5) is 0 Å². The molecule has 0 spiro atoms. The van der Waals surface area contributed by atoms with Crippen molar-refractivity contribution >= 4 is 5.97 Å². The molecule has 0 atom stereocenters. The average molecular weight is 220 g/mol. The number of hydrogen-bond donors (Lipinski definition) is 1. The van der Waals surface area contributed by atoms with Crippen molar-refractivity contribution in [1.29, 1.82) is 0 Å². The summed E-state index contributed by atoms with van der Waals surface area (Å²) in [7, 11) is 1.75. The van der Waals surface area contributed by atoms with E-state index in [1.807, 2.05) is 13.0 Å². The Morgan fingerprint density at radius 3 is 2.88 bits per heavy atom. The summed E-state index contributed by atoms with van der Waals surface area (Å²) in [6, 6.07) is 3.62. The Balaban J connectivity index is 2.43. The molecule has 0 saturated heterocycles.